The summed E-state index contributed by atoms with van der Waals surface area (Å²) in [6.07, 6.45) is 1.60. The summed E-state index contributed by atoms with van der Waals surface area (Å²) in [5, 5.41) is 8.81. The summed E-state index contributed by atoms with van der Waals surface area (Å²) in [6, 6.07) is 13.7. The molecule has 0 saturated heterocycles. The lowest BCUT2D eigenvalue weighted by Crippen LogP contribution is -2.36. The molecule has 0 fully saturated rings. The summed E-state index contributed by atoms with van der Waals surface area (Å²) in [7, 11) is 1.87. The van der Waals surface area contributed by atoms with Crippen molar-refractivity contribution in [3.63, 3.8) is 0 Å². The summed E-state index contributed by atoms with van der Waals surface area (Å²) in [5.41, 5.74) is 1.12. The predicted molar refractivity (Wildman–Crippen MR) is 102 cm³/mol. The van der Waals surface area contributed by atoms with Crippen LogP contribution in [0.1, 0.15) is 19.4 Å². The van der Waals surface area contributed by atoms with Crippen LogP contribution in [0.15, 0.2) is 58.3 Å². The highest BCUT2D eigenvalue weighted by Crippen LogP contribution is 2.27. The number of furan rings is 1. The minimum Gasteiger partial charge on any atom is -0.461 e. The first-order valence-corrected chi connectivity index (χ1v) is 9.40. The number of thioether (sulfide) groups is 1. The van der Waals surface area contributed by atoms with Gasteiger partial charge in [0.2, 0.25) is 5.91 Å². The van der Waals surface area contributed by atoms with Gasteiger partial charge in [-0.25, -0.2) is 0 Å². The molecule has 1 unspecified atom stereocenters. The van der Waals surface area contributed by atoms with Gasteiger partial charge in [0.25, 0.3) is 0 Å². The van der Waals surface area contributed by atoms with E-state index in [1.165, 1.54) is 11.8 Å². The van der Waals surface area contributed by atoms with Gasteiger partial charge in [-0.15, -0.1) is 10.2 Å². The minimum absolute atomic E-state index is 0.0869. The first-order chi connectivity index (χ1) is 12.6. The molecule has 0 aliphatic rings. The topological polar surface area (TPSA) is 64.2 Å². The van der Waals surface area contributed by atoms with E-state index in [-0.39, 0.29) is 11.2 Å². The molecule has 0 bridgehead atoms. The van der Waals surface area contributed by atoms with Crippen LogP contribution in [0.3, 0.4) is 0 Å². The van der Waals surface area contributed by atoms with Crippen molar-refractivity contribution in [2.45, 2.75) is 30.8 Å². The van der Waals surface area contributed by atoms with Crippen LogP contribution in [0.5, 0.6) is 0 Å². The van der Waals surface area contributed by atoms with Crippen LogP contribution in [-0.4, -0.2) is 37.4 Å². The Kier molecular flexibility index (Phi) is 5.78. The van der Waals surface area contributed by atoms with Crippen molar-refractivity contribution in [3.05, 3.63) is 54.3 Å². The SMILES string of the molecule is CCN(Cc1ccccc1)C(=O)C(C)Sc1nnc(-c2ccco2)n1C. The molecule has 0 aliphatic carbocycles. The number of benzene rings is 1. The Morgan fingerprint density at radius 2 is 2.00 bits per heavy atom. The summed E-state index contributed by atoms with van der Waals surface area (Å²) >= 11 is 1.41. The van der Waals surface area contributed by atoms with Gasteiger partial charge in [0, 0.05) is 20.1 Å². The third-order valence-electron chi connectivity index (χ3n) is 4.12. The number of carbonyl (C=O) groups excluding carboxylic acids is 1. The quantitative estimate of drug-likeness (QED) is 0.595. The minimum atomic E-state index is -0.258. The fraction of sp³-hybridized carbons (Fsp3) is 0.316. The molecule has 3 aromatic rings. The molecule has 2 aromatic heterocycles. The number of nitrogens with zero attached hydrogens (tertiary/aromatic N) is 4. The molecule has 1 atom stereocenters. The lowest BCUT2D eigenvalue weighted by molar-refractivity contribution is -0.130. The molecule has 0 saturated carbocycles. The highest BCUT2D eigenvalue weighted by molar-refractivity contribution is 8.00. The van der Waals surface area contributed by atoms with E-state index in [0.29, 0.717) is 29.8 Å². The van der Waals surface area contributed by atoms with Gasteiger partial charge in [0.15, 0.2) is 16.7 Å². The second-order valence-electron chi connectivity index (χ2n) is 5.94. The van der Waals surface area contributed by atoms with Gasteiger partial charge in [-0.2, -0.15) is 0 Å². The molecular weight excluding hydrogens is 348 g/mol. The summed E-state index contributed by atoms with van der Waals surface area (Å²) in [4.78, 5) is 14.7. The summed E-state index contributed by atoms with van der Waals surface area (Å²) in [5.74, 6) is 1.39. The second kappa shape index (κ2) is 8.23. The maximum absolute atomic E-state index is 12.9. The molecule has 26 heavy (non-hydrogen) atoms. The molecule has 0 radical (unpaired) electrons. The van der Waals surface area contributed by atoms with E-state index in [1.54, 1.807) is 6.26 Å². The lowest BCUT2D eigenvalue weighted by atomic mass is 10.2. The Bertz CT molecular complexity index is 846. The Hall–Kier alpha value is -2.54. The Morgan fingerprint density at radius 3 is 2.65 bits per heavy atom. The van der Waals surface area contributed by atoms with E-state index in [0.717, 1.165) is 5.56 Å². The Balaban J connectivity index is 1.69. The van der Waals surface area contributed by atoms with Gasteiger partial charge >= 0.3 is 0 Å². The lowest BCUT2D eigenvalue weighted by Gasteiger charge is -2.24. The average molecular weight is 370 g/mol. The molecular formula is C19H22N4O2S. The van der Waals surface area contributed by atoms with Crippen molar-refractivity contribution >= 4 is 17.7 Å². The van der Waals surface area contributed by atoms with Gasteiger partial charge in [-0.3, -0.25) is 4.79 Å². The van der Waals surface area contributed by atoms with Crippen LogP contribution in [0.2, 0.25) is 0 Å². The van der Waals surface area contributed by atoms with Crippen molar-refractivity contribution in [1.29, 1.82) is 0 Å². The number of rotatable bonds is 7. The first-order valence-electron chi connectivity index (χ1n) is 8.52. The van der Waals surface area contributed by atoms with Crippen LogP contribution in [0, 0.1) is 0 Å². The van der Waals surface area contributed by atoms with E-state index < -0.39 is 0 Å². The molecule has 6 nitrogen and oxygen atoms in total. The monoisotopic (exact) mass is 370 g/mol. The van der Waals surface area contributed by atoms with Crippen molar-refractivity contribution in [2.24, 2.45) is 7.05 Å². The maximum Gasteiger partial charge on any atom is 0.236 e. The average Bonchev–Trinajstić information content (AvgIpc) is 3.30. The Labute approximate surface area is 157 Å². The van der Waals surface area contributed by atoms with Gasteiger partial charge < -0.3 is 13.9 Å². The standard InChI is InChI=1S/C19H22N4O2S/c1-4-23(13-15-9-6-5-7-10-15)18(24)14(2)26-19-21-20-17(22(19)3)16-11-8-12-25-16/h5-12,14H,4,13H2,1-3H3. The van der Waals surface area contributed by atoms with Crippen molar-refractivity contribution in [1.82, 2.24) is 19.7 Å². The molecule has 1 aromatic carbocycles. The summed E-state index contributed by atoms with van der Waals surface area (Å²) in [6.45, 7) is 5.17. The number of carbonyl (C=O) groups is 1. The fourth-order valence-electron chi connectivity index (χ4n) is 2.65. The molecule has 2 heterocycles. The van der Waals surface area contributed by atoms with Gasteiger partial charge in [0.1, 0.15) is 0 Å². The van der Waals surface area contributed by atoms with Crippen LogP contribution < -0.4 is 0 Å². The van der Waals surface area contributed by atoms with E-state index in [4.69, 9.17) is 4.42 Å². The molecule has 3 rings (SSSR count). The smallest absolute Gasteiger partial charge is 0.236 e. The van der Waals surface area contributed by atoms with E-state index in [2.05, 4.69) is 10.2 Å². The van der Waals surface area contributed by atoms with Crippen molar-refractivity contribution in [3.8, 4) is 11.6 Å². The molecule has 0 spiro atoms. The zero-order valence-corrected chi connectivity index (χ0v) is 15.9. The van der Waals surface area contributed by atoms with E-state index in [9.17, 15) is 4.79 Å². The molecule has 0 N–H and O–H groups in total. The van der Waals surface area contributed by atoms with E-state index in [1.807, 2.05) is 72.8 Å². The van der Waals surface area contributed by atoms with E-state index >= 15 is 0 Å². The number of aromatic nitrogens is 3. The second-order valence-corrected chi connectivity index (χ2v) is 7.25. The van der Waals surface area contributed by atoms with Crippen LogP contribution in [0.25, 0.3) is 11.6 Å². The largest absolute Gasteiger partial charge is 0.461 e. The highest BCUT2D eigenvalue weighted by Gasteiger charge is 2.23. The maximum atomic E-state index is 12.9. The Morgan fingerprint density at radius 1 is 1.23 bits per heavy atom. The molecule has 0 aliphatic heterocycles. The van der Waals surface area contributed by atoms with Crippen molar-refractivity contribution < 1.29 is 9.21 Å². The van der Waals surface area contributed by atoms with Gasteiger partial charge in [-0.1, -0.05) is 42.1 Å². The number of amides is 1. The highest BCUT2D eigenvalue weighted by atomic mass is 32.2. The number of hydrogen-bond donors (Lipinski definition) is 0. The third-order valence-corrected chi connectivity index (χ3v) is 5.24. The van der Waals surface area contributed by atoms with Crippen molar-refractivity contribution in [2.75, 3.05) is 6.54 Å². The normalized spacial score (nSPS) is 12.1. The molecule has 136 valence electrons. The van der Waals surface area contributed by atoms with Crippen LogP contribution in [0.4, 0.5) is 0 Å². The van der Waals surface area contributed by atoms with Gasteiger partial charge in [-0.05, 0) is 31.5 Å². The fourth-order valence-corrected chi connectivity index (χ4v) is 3.55. The predicted octanol–water partition coefficient (Wildman–Crippen LogP) is 3.60. The zero-order chi connectivity index (χ0) is 18.5. The summed E-state index contributed by atoms with van der Waals surface area (Å²) < 4.78 is 7.23. The molecule has 7 heteroatoms. The van der Waals surface area contributed by atoms with Crippen LogP contribution >= 0.6 is 11.8 Å². The van der Waals surface area contributed by atoms with Crippen LogP contribution in [-0.2, 0) is 18.4 Å². The third kappa shape index (κ3) is 3.99. The first kappa shape index (κ1) is 18.3. The molecule has 1 amide bonds. The number of hydrogen-bond acceptors (Lipinski definition) is 5. The van der Waals surface area contributed by atoms with Gasteiger partial charge in [0.05, 0.1) is 11.5 Å². The zero-order valence-electron chi connectivity index (χ0n) is 15.1.